The normalized spacial score (nSPS) is 20.7. The van der Waals surface area contributed by atoms with Crippen LogP contribution < -0.4 is 10.6 Å². The molecule has 2 N–H and O–H groups in total. The molecule has 0 radical (unpaired) electrons. The van der Waals surface area contributed by atoms with Gasteiger partial charge in [-0.3, -0.25) is 4.79 Å². The van der Waals surface area contributed by atoms with Crippen LogP contribution >= 0.6 is 11.8 Å². The SMILES string of the molecule is Cc1noc(CNC(=O)C2CSCCN2)n1. The molecule has 1 aliphatic heterocycles. The van der Waals surface area contributed by atoms with Gasteiger partial charge in [0.25, 0.3) is 0 Å². The molecule has 1 amide bonds. The van der Waals surface area contributed by atoms with E-state index >= 15 is 0 Å². The van der Waals surface area contributed by atoms with Crippen molar-refractivity contribution in [3.63, 3.8) is 0 Å². The molecule has 0 spiro atoms. The molecular formula is C9H14N4O2S. The topological polar surface area (TPSA) is 80.0 Å². The van der Waals surface area contributed by atoms with Crippen LogP contribution in [0.4, 0.5) is 0 Å². The number of aromatic nitrogens is 2. The van der Waals surface area contributed by atoms with Crippen molar-refractivity contribution in [1.29, 1.82) is 0 Å². The summed E-state index contributed by atoms with van der Waals surface area (Å²) in [4.78, 5) is 15.7. The number of nitrogens with zero attached hydrogens (tertiary/aromatic N) is 2. The first kappa shape index (κ1) is 11.4. The number of carbonyl (C=O) groups is 1. The van der Waals surface area contributed by atoms with Gasteiger partial charge < -0.3 is 15.2 Å². The Morgan fingerprint density at radius 3 is 3.25 bits per heavy atom. The Kier molecular flexibility index (Phi) is 3.79. The fourth-order valence-corrected chi connectivity index (χ4v) is 2.37. The molecular weight excluding hydrogens is 228 g/mol. The summed E-state index contributed by atoms with van der Waals surface area (Å²) < 4.78 is 4.90. The number of thioether (sulfide) groups is 1. The van der Waals surface area contributed by atoms with Crippen molar-refractivity contribution in [1.82, 2.24) is 20.8 Å². The molecule has 6 nitrogen and oxygen atoms in total. The second-order valence-corrected chi connectivity index (χ2v) is 4.68. The monoisotopic (exact) mass is 242 g/mol. The van der Waals surface area contributed by atoms with Gasteiger partial charge in [0, 0.05) is 18.1 Å². The van der Waals surface area contributed by atoms with Gasteiger partial charge in [-0.15, -0.1) is 0 Å². The van der Waals surface area contributed by atoms with Crippen molar-refractivity contribution in [2.45, 2.75) is 19.5 Å². The lowest BCUT2D eigenvalue weighted by Gasteiger charge is -2.21. The highest BCUT2D eigenvalue weighted by atomic mass is 32.2. The number of hydrogen-bond donors (Lipinski definition) is 2. The Balaban J connectivity index is 1.78. The van der Waals surface area contributed by atoms with Crippen LogP contribution in [0.25, 0.3) is 0 Å². The van der Waals surface area contributed by atoms with E-state index in [0.717, 1.165) is 18.1 Å². The van der Waals surface area contributed by atoms with E-state index in [-0.39, 0.29) is 11.9 Å². The van der Waals surface area contributed by atoms with Crippen LogP contribution in [0.15, 0.2) is 4.52 Å². The maximum Gasteiger partial charge on any atom is 0.246 e. The van der Waals surface area contributed by atoms with E-state index in [1.807, 2.05) is 0 Å². The fourth-order valence-electron chi connectivity index (χ4n) is 1.43. The predicted molar refractivity (Wildman–Crippen MR) is 60.0 cm³/mol. The summed E-state index contributed by atoms with van der Waals surface area (Å²) in [6.07, 6.45) is 0. The lowest BCUT2D eigenvalue weighted by molar-refractivity contribution is -0.122. The largest absolute Gasteiger partial charge is 0.346 e. The number of nitrogens with one attached hydrogen (secondary N) is 2. The summed E-state index contributed by atoms with van der Waals surface area (Å²) in [7, 11) is 0. The van der Waals surface area contributed by atoms with E-state index < -0.39 is 0 Å². The molecule has 1 atom stereocenters. The van der Waals surface area contributed by atoms with Crippen LogP contribution in [0.1, 0.15) is 11.7 Å². The van der Waals surface area contributed by atoms with Gasteiger partial charge in [-0.25, -0.2) is 0 Å². The highest BCUT2D eigenvalue weighted by Gasteiger charge is 2.20. The average molecular weight is 242 g/mol. The number of aryl methyl sites for hydroxylation is 1. The third-order valence-electron chi connectivity index (χ3n) is 2.22. The molecule has 1 saturated heterocycles. The Bertz CT molecular complexity index is 362. The molecule has 16 heavy (non-hydrogen) atoms. The zero-order chi connectivity index (χ0) is 11.4. The fraction of sp³-hybridized carbons (Fsp3) is 0.667. The predicted octanol–water partition coefficient (Wildman–Crippen LogP) is -0.301. The molecule has 7 heteroatoms. The minimum absolute atomic E-state index is 0.0111. The van der Waals surface area contributed by atoms with Gasteiger partial charge >= 0.3 is 0 Å². The van der Waals surface area contributed by atoms with E-state index in [4.69, 9.17) is 4.52 Å². The van der Waals surface area contributed by atoms with E-state index in [1.165, 1.54) is 0 Å². The molecule has 88 valence electrons. The van der Waals surface area contributed by atoms with Crippen LogP contribution in [0.3, 0.4) is 0 Å². The zero-order valence-corrected chi connectivity index (χ0v) is 9.84. The molecule has 0 aliphatic carbocycles. The lowest BCUT2D eigenvalue weighted by atomic mass is 10.3. The third-order valence-corrected chi connectivity index (χ3v) is 3.28. The molecule has 0 saturated carbocycles. The summed E-state index contributed by atoms with van der Waals surface area (Å²) in [6, 6.07) is -0.109. The van der Waals surface area contributed by atoms with Crippen molar-refractivity contribution in [2.24, 2.45) is 0 Å². The Hall–Kier alpha value is -1.08. The maximum atomic E-state index is 11.7. The standard InChI is InChI=1S/C9H14N4O2S/c1-6-12-8(15-13-6)4-11-9(14)7-5-16-3-2-10-7/h7,10H,2-5H2,1H3,(H,11,14). The molecule has 1 aromatic heterocycles. The summed E-state index contributed by atoms with van der Waals surface area (Å²) in [5.41, 5.74) is 0. The molecule has 1 unspecified atom stereocenters. The number of hydrogen-bond acceptors (Lipinski definition) is 6. The first-order chi connectivity index (χ1) is 7.75. The van der Waals surface area contributed by atoms with Crippen LogP contribution in [0, 0.1) is 6.92 Å². The second-order valence-electron chi connectivity index (χ2n) is 3.53. The van der Waals surface area contributed by atoms with Gasteiger partial charge in [-0.1, -0.05) is 5.16 Å². The number of rotatable bonds is 3. The number of carbonyl (C=O) groups excluding carboxylic acids is 1. The Morgan fingerprint density at radius 1 is 1.75 bits per heavy atom. The summed E-state index contributed by atoms with van der Waals surface area (Å²) in [5, 5.41) is 9.58. The average Bonchev–Trinajstić information content (AvgIpc) is 2.73. The van der Waals surface area contributed by atoms with E-state index in [2.05, 4.69) is 20.8 Å². The van der Waals surface area contributed by atoms with Gasteiger partial charge in [0.15, 0.2) is 5.82 Å². The molecule has 1 aromatic rings. The van der Waals surface area contributed by atoms with Crippen LogP contribution in [0.2, 0.25) is 0 Å². The van der Waals surface area contributed by atoms with E-state index in [9.17, 15) is 4.79 Å². The van der Waals surface area contributed by atoms with Crippen molar-refractivity contribution in [2.75, 3.05) is 18.1 Å². The lowest BCUT2D eigenvalue weighted by Crippen LogP contribution is -2.48. The van der Waals surface area contributed by atoms with Crippen LogP contribution in [-0.4, -0.2) is 40.1 Å². The number of amides is 1. The third kappa shape index (κ3) is 2.96. The molecule has 1 aliphatic rings. The highest BCUT2D eigenvalue weighted by molar-refractivity contribution is 7.99. The van der Waals surface area contributed by atoms with Gasteiger partial charge in [-0.2, -0.15) is 16.7 Å². The maximum absolute atomic E-state index is 11.7. The van der Waals surface area contributed by atoms with Crippen molar-refractivity contribution >= 4 is 17.7 Å². The minimum atomic E-state index is -0.109. The molecule has 2 rings (SSSR count). The first-order valence-electron chi connectivity index (χ1n) is 5.14. The van der Waals surface area contributed by atoms with Crippen LogP contribution in [0.5, 0.6) is 0 Å². The Labute approximate surface area is 97.5 Å². The minimum Gasteiger partial charge on any atom is -0.346 e. The van der Waals surface area contributed by atoms with Crippen molar-refractivity contribution in [3.8, 4) is 0 Å². The molecule has 0 bridgehead atoms. The molecule has 2 heterocycles. The second kappa shape index (κ2) is 5.31. The van der Waals surface area contributed by atoms with Crippen molar-refractivity contribution in [3.05, 3.63) is 11.7 Å². The smallest absolute Gasteiger partial charge is 0.246 e. The van der Waals surface area contributed by atoms with Crippen LogP contribution in [-0.2, 0) is 11.3 Å². The highest BCUT2D eigenvalue weighted by Crippen LogP contribution is 2.07. The summed E-state index contributed by atoms with van der Waals surface area (Å²) in [5.74, 6) is 2.88. The first-order valence-corrected chi connectivity index (χ1v) is 6.29. The van der Waals surface area contributed by atoms with E-state index in [1.54, 1.807) is 18.7 Å². The molecule has 1 fully saturated rings. The summed E-state index contributed by atoms with van der Waals surface area (Å²) >= 11 is 1.78. The Morgan fingerprint density at radius 2 is 2.62 bits per heavy atom. The van der Waals surface area contributed by atoms with Gasteiger partial charge in [0.1, 0.15) is 0 Å². The summed E-state index contributed by atoms with van der Waals surface area (Å²) in [6.45, 7) is 2.92. The van der Waals surface area contributed by atoms with E-state index in [0.29, 0.717) is 18.3 Å². The zero-order valence-electron chi connectivity index (χ0n) is 9.02. The van der Waals surface area contributed by atoms with Gasteiger partial charge in [0.2, 0.25) is 11.8 Å². The van der Waals surface area contributed by atoms with Crippen molar-refractivity contribution < 1.29 is 9.32 Å². The van der Waals surface area contributed by atoms with Gasteiger partial charge in [-0.05, 0) is 6.92 Å². The quantitative estimate of drug-likeness (QED) is 0.757. The van der Waals surface area contributed by atoms with Gasteiger partial charge in [0.05, 0.1) is 12.6 Å². The molecule has 0 aromatic carbocycles.